The third-order valence-corrected chi connectivity index (χ3v) is 10.8. The maximum Gasteiger partial charge on any atom is 0.308 e. The molecule has 0 heterocycles. The standard InChI is InChI=1S/C32H43N3O14/c1-30-12-9-21(36)17-20(30)7-8-22-23-10-13-32(31(23,2)18-24(37)29(22)30,49-28(41)6-4-16-48-35(44)45)25(38)19-46-27(40)11-14-33-26(39)5-3-15-47-34(42)43/h9,12,17,22-24,29,37H,3-8,10-11,13-16,18-19H2,1-2H3,(H,33,39)/t22?,23?,24-,29?,30-,31-,32-/m0/s1. The molecule has 0 aromatic carbocycles. The average Bonchev–Trinajstić information content (AvgIpc) is 3.32. The average molecular weight is 694 g/mol. The fraction of sp³-hybridized carbons (Fsp3) is 0.719. The molecular weight excluding hydrogens is 650 g/mol. The number of esters is 2. The van der Waals surface area contributed by atoms with Crippen LogP contribution in [0.15, 0.2) is 23.8 Å². The molecule has 3 saturated carbocycles. The molecule has 0 radical (unpaired) electrons. The number of rotatable bonds is 17. The molecule has 0 aromatic heterocycles. The lowest BCUT2D eigenvalue weighted by atomic mass is 9.46. The van der Waals surface area contributed by atoms with Gasteiger partial charge in [-0.25, -0.2) is 0 Å². The van der Waals surface area contributed by atoms with E-state index in [-0.39, 0.29) is 88.2 Å². The molecule has 4 rings (SSSR count). The van der Waals surface area contributed by atoms with Gasteiger partial charge in [0.1, 0.15) is 0 Å². The number of carbonyl (C=O) groups excluding carboxylic acids is 5. The van der Waals surface area contributed by atoms with Crippen LogP contribution in [-0.2, 0) is 43.1 Å². The van der Waals surface area contributed by atoms with Crippen molar-refractivity contribution >= 4 is 29.4 Å². The first-order valence-corrected chi connectivity index (χ1v) is 16.5. The van der Waals surface area contributed by atoms with Crippen LogP contribution in [0.3, 0.4) is 0 Å². The summed E-state index contributed by atoms with van der Waals surface area (Å²) in [6.45, 7) is 2.38. The van der Waals surface area contributed by atoms with Crippen molar-refractivity contribution in [1.29, 1.82) is 0 Å². The van der Waals surface area contributed by atoms with E-state index >= 15 is 0 Å². The molecule has 17 heteroatoms. The van der Waals surface area contributed by atoms with Gasteiger partial charge in [0.15, 0.2) is 18.0 Å². The molecule has 17 nitrogen and oxygen atoms in total. The number of carbonyl (C=O) groups is 5. The molecule has 1 amide bonds. The van der Waals surface area contributed by atoms with E-state index in [1.54, 1.807) is 6.08 Å². The Kier molecular flexibility index (Phi) is 11.8. The number of nitrogens with zero attached hydrogens (tertiary/aromatic N) is 2. The van der Waals surface area contributed by atoms with Crippen molar-refractivity contribution in [1.82, 2.24) is 5.32 Å². The quantitative estimate of drug-likeness (QED) is 0.0960. The number of ketones is 2. The van der Waals surface area contributed by atoms with Gasteiger partial charge in [-0.2, -0.15) is 0 Å². The van der Waals surface area contributed by atoms with E-state index < -0.39 is 62.9 Å². The molecule has 0 aromatic rings. The van der Waals surface area contributed by atoms with E-state index in [1.165, 1.54) is 6.08 Å². The molecular formula is C32H43N3O14. The zero-order valence-corrected chi connectivity index (χ0v) is 27.6. The lowest BCUT2D eigenvalue weighted by Gasteiger charge is -2.59. The van der Waals surface area contributed by atoms with Crippen molar-refractivity contribution in [2.75, 3.05) is 26.4 Å². The highest BCUT2D eigenvalue weighted by molar-refractivity contribution is 6.01. The Morgan fingerprint density at radius 2 is 1.67 bits per heavy atom. The minimum absolute atomic E-state index is 0.0421. The Balaban J connectivity index is 1.46. The van der Waals surface area contributed by atoms with Crippen LogP contribution in [-0.4, -0.2) is 82.8 Å². The Morgan fingerprint density at radius 3 is 2.35 bits per heavy atom. The first-order chi connectivity index (χ1) is 23.1. The van der Waals surface area contributed by atoms with E-state index in [1.807, 2.05) is 19.9 Å². The van der Waals surface area contributed by atoms with Crippen LogP contribution in [0.5, 0.6) is 0 Å². The fourth-order valence-corrected chi connectivity index (χ4v) is 8.70. The van der Waals surface area contributed by atoms with Crippen LogP contribution in [0, 0.1) is 48.8 Å². The van der Waals surface area contributed by atoms with E-state index in [4.69, 9.17) is 9.47 Å². The largest absolute Gasteiger partial charge is 0.457 e. The second kappa shape index (κ2) is 15.4. The second-order valence-electron chi connectivity index (χ2n) is 13.6. The summed E-state index contributed by atoms with van der Waals surface area (Å²) in [5.74, 6) is -3.29. The first kappa shape index (κ1) is 37.4. The summed E-state index contributed by atoms with van der Waals surface area (Å²) in [6.07, 6.45) is 5.51. The van der Waals surface area contributed by atoms with Crippen molar-refractivity contribution < 1.29 is 58.4 Å². The molecule has 0 spiro atoms. The molecule has 0 aliphatic heterocycles. The number of allylic oxidation sites excluding steroid dienone is 4. The molecule has 2 N–H and O–H groups in total. The summed E-state index contributed by atoms with van der Waals surface area (Å²) in [7, 11) is 0. The smallest absolute Gasteiger partial charge is 0.308 e. The zero-order chi connectivity index (χ0) is 36.0. The van der Waals surface area contributed by atoms with Crippen molar-refractivity contribution in [3.05, 3.63) is 44.0 Å². The molecule has 4 aliphatic rings. The summed E-state index contributed by atoms with van der Waals surface area (Å²) in [5.41, 5.74) is -2.42. The highest BCUT2D eigenvalue weighted by Crippen LogP contribution is 2.68. The van der Waals surface area contributed by atoms with Gasteiger partial charge in [0, 0.05) is 36.1 Å². The van der Waals surface area contributed by atoms with Gasteiger partial charge in [-0.1, -0.05) is 25.5 Å². The molecule has 4 aliphatic carbocycles. The van der Waals surface area contributed by atoms with Gasteiger partial charge in [0.2, 0.25) is 11.7 Å². The van der Waals surface area contributed by atoms with Crippen LogP contribution in [0.1, 0.15) is 78.1 Å². The summed E-state index contributed by atoms with van der Waals surface area (Å²) < 4.78 is 11.3. The number of hydrogen-bond donors (Lipinski definition) is 2. The topological polar surface area (TPSA) is 241 Å². The Bertz CT molecular complexity index is 1410. The third kappa shape index (κ3) is 8.08. The zero-order valence-electron chi connectivity index (χ0n) is 27.6. The third-order valence-electron chi connectivity index (χ3n) is 10.8. The van der Waals surface area contributed by atoms with Crippen LogP contribution in [0.4, 0.5) is 0 Å². The second-order valence-corrected chi connectivity index (χ2v) is 13.6. The summed E-state index contributed by atoms with van der Waals surface area (Å²) in [6, 6.07) is 0. The minimum Gasteiger partial charge on any atom is -0.457 e. The summed E-state index contributed by atoms with van der Waals surface area (Å²) in [5, 5.41) is 33.0. The number of nitrogens with one attached hydrogen (secondary N) is 1. The Hall–Kier alpha value is -4.41. The molecule has 3 unspecified atom stereocenters. The van der Waals surface area contributed by atoms with E-state index in [0.717, 1.165) is 5.57 Å². The van der Waals surface area contributed by atoms with Gasteiger partial charge in [-0.15, -0.1) is 20.2 Å². The van der Waals surface area contributed by atoms with Crippen molar-refractivity contribution in [3.63, 3.8) is 0 Å². The number of hydrogen-bond acceptors (Lipinski definition) is 14. The maximum absolute atomic E-state index is 14.1. The Labute approximate surface area is 281 Å². The lowest BCUT2D eigenvalue weighted by Crippen LogP contribution is -2.63. The minimum atomic E-state index is -1.76. The van der Waals surface area contributed by atoms with E-state index in [9.17, 15) is 49.3 Å². The number of fused-ring (bicyclic) bond motifs is 5. The Morgan fingerprint density at radius 1 is 1.00 bits per heavy atom. The highest BCUT2D eigenvalue weighted by atomic mass is 17.0. The number of ether oxygens (including phenoxy) is 2. The monoisotopic (exact) mass is 693 g/mol. The molecule has 49 heavy (non-hydrogen) atoms. The van der Waals surface area contributed by atoms with Crippen LogP contribution in [0.2, 0.25) is 0 Å². The van der Waals surface area contributed by atoms with Gasteiger partial charge in [0.25, 0.3) is 10.2 Å². The first-order valence-electron chi connectivity index (χ1n) is 16.5. The number of Topliss-reactive ketones (excluding diaryl/α,β-unsaturated/α-hetero) is 1. The maximum atomic E-state index is 14.1. The number of amides is 1. The highest BCUT2D eigenvalue weighted by Gasteiger charge is 2.70. The summed E-state index contributed by atoms with van der Waals surface area (Å²) in [4.78, 5) is 93.1. The number of aliphatic hydroxyl groups is 1. The lowest BCUT2D eigenvalue weighted by molar-refractivity contribution is -0.757. The SMILES string of the molecule is C[C@]12C=CC(=O)C=C1CCC1C2[C@@H](O)C[C@@]2(C)C1CC[C@]2(OC(=O)CCCO[N+](=O)[O-])C(=O)COC(=O)CCNC(=O)CCCO[N+](=O)[O-]. The van der Waals surface area contributed by atoms with Gasteiger partial charge >= 0.3 is 11.9 Å². The molecule has 3 fully saturated rings. The number of aliphatic hydroxyl groups excluding tert-OH is 1. The van der Waals surface area contributed by atoms with Crippen molar-refractivity contribution in [2.24, 2.45) is 28.6 Å². The van der Waals surface area contributed by atoms with Crippen molar-refractivity contribution in [2.45, 2.75) is 89.8 Å². The van der Waals surface area contributed by atoms with Crippen LogP contribution < -0.4 is 5.32 Å². The molecule has 7 atom stereocenters. The fourth-order valence-electron chi connectivity index (χ4n) is 8.70. The van der Waals surface area contributed by atoms with Crippen molar-refractivity contribution in [3.8, 4) is 0 Å². The molecule has 0 saturated heterocycles. The predicted octanol–water partition coefficient (Wildman–Crippen LogP) is 2.14. The van der Waals surface area contributed by atoms with Crippen LogP contribution >= 0.6 is 0 Å². The van der Waals surface area contributed by atoms with Gasteiger partial charge < -0.3 is 29.6 Å². The molecule has 0 bridgehead atoms. The molecule has 270 valence electrons. The van der Waals surface area contributed by atoms with Gasteiger partial charge in [-0.3, -0.25) is 24.0 Å². The summed E-state index contributed by atoms with van der Waals surface area (Å²) >= 11 is 0. The van der Waals surface area contributed by atoms with Gasteiger partial charge in [0.05, 0.1) is 25.7 Å². The van der Waals surface area contributed by atoms with E-state index in [0.29, 0.717) is 19.3 Å². The predicted molar refractivity (Wildman–Crippen MR) is 165 cm³/mol. The normalized spacial score (nSPS) is 31.2. The van der Waals surface area contributed by atoms with E-state index in [2.05, 4.69) is 15.0 Å². The van der Waals surface area contributed by atoms with Gasteiger partial charge in [-0.05, 0) is 68.9 Å². The van der Waals surface area contributed by atoms with Crippen LogP contribution in [0.25, 0.3) is 0 Å².